The van der Waals surface area contributed by atoms with Crippen molar-refractivity contribution in [2.45, 2.75) is 44.7 Å². The molecule has 1 aromatic heterocycles. The fourth-order valence-corrected chi connectivity index (χ4v) is 2.97. The molecule has 3 rings (SSSR count). The molecule has 1 saturated carbocycles. The van der Waals surface area contributed by atoms with Crippen LogP contribution in [-0.2, 0) is 4.79 Å². The van der Waals surface area contributed by atoms with Gasteiger partial charge < -0.3 is 10.2 Å². The van der Waals surface area contributed by atoms with E-state index < -0.39 is 0 Å². The van der Waals surface area contributed by atoms with E-state index in [9.17, 15) is 4.79 Å². The summed E-state index contributed by atoms with van der Waals surface area (Å²) >= 11 is 0. The summed E-state index contributed by atoms with van der Waals surface area (Å²) in [5.41, 5.74) is 0.943. The second-order valence-corrected chi connectivity index (χ2v) is 5.15. The normalized spacial score (nSPS) is 27.6. The highest BCUT2D eigenvalue weighted by Gasteiger charge is 2.37. The van der Waals surface area contributed by atoms with Crippen molar-refractivity contribution < 1.29 is 4.79 Å². The van der Waals surface area contributed by atoms with E-state index in [0.717, 1.165) is 18.5 Å². The Morgan fingerprint density at radius 3 is 3.06 bits per heavy atom. The van der Waals surface area contributed by atoms with Crippen molar-refractivity contribution in [2.75, 3.05) is 11.4 Å². The van der Waals surface area contributed by atoms with Gasteiger partial charge in [0.15, 0.2) is 0 Å². The second kappa shape index (κ2) is 4.55. The number of nitrogens with one attached hydrogen (secondary N) is 1. The van der Waals surface area contributed by atoms with E-state index >= 15 is 0 Å². The van der Waals surface area contributed by atoms with Crippen molar-refractivity contribution in [3.05, 3.63) is 18.0 Å². The molecule has 1 amide bonds. The molecular formula is C13H18N4O. The van der Waals surface area contributed by atoms with Crippen molar-refractivity contribution in [2.24, 2.45) is 0 Å². The first-order valence-electron chi connectivity index (χ1n) is 6.60. The number of carbonyl (C=O) groups is 1. The van der Waals surface area contributed by atoms with Crippen LogP contribution in [0, 0.1) is 6.92 Å². The first kappa shape index (κ1) is 11.4. The molecule has 2 fully saturated rings. The monoisotopic (exact) mass is 246 g/mol. The van der Waals surface area contributed by atoms with Gasteiger partial charge in [0.05, 0.1) is 6.04 Å². The van der Waals surface area contributed by atoms with Crippen molar-refractivity contribution in [1.82, 2.24) is 15.3 Å². The molecule has 2 aliphatic rings. The lowest BCUT2D eigenvalue weighted by atomic mass is 9.87. The van der Waals surface area contributed by atoms with Crippen molar-refractivity contribution in [1.29, 1.82) is 0 Å². The standard InChI is InChI=1S/C13H18N4O/c1-9-6-7-14-13(15-9)17-8-12(18)16-10-4-2-3-5-11(10)17/h6-7,10-11H,2-5,8H2,1H3,(H,16,18). The molecule has 2 unspecified atom stereocenters. The summed E-state index contributed by atoms with van der Waals surface area (Å²) in [5, 5.41) is 3.10. The predicted octanol–water partition coefficient (Wildman–Crippen LogP) is 1.03. The van der Waals surface area contributed by atoms with Crippen molar-refractivity contribution in [3.8, 4) is 0 Å². The predicted molar refractivity (Wildman–Crippen MR) is 68.3 cm³/mol. The summed E-state index contributed by atoms with van der Waals surface area (Å²) in [5.74, 6) is 0.782. The summed E-state index contributed by atoms with van der Waals surface area (Å²) in [4.78, 5) is 22.6. The Balaban J connectivity index is 1.90. The Hall–Kier alpha value is -1.65. The van der Waals surface area contributed by atoms with E-state index in [1.165, 1.54) is 12.8 Å². The van der Waals surface area contributed by atoms with Crippen LogP contribution in [0.4, 0.5) is 5.95 Å². The van der Waals surface area contributed by atoms with Gasteiger partial charge >= 0.3 is 0 Å². The van der Waals surface area contributed by atoms with Gasteiger partial charge in [0, 0.05) is 17.9 Å². The highest BCUT2D eigenvalue weighted by molar-refractivity contribution is 5.82. The average molecular weight is 246 g/mol. The largest absolute Gasteiger partial charge is 0.350 e. The van der Waals surface area contributed by atoms with Crippen LogP contribution in [-0.4, -0.2) is 34.5 Å². The van der Waals surface area contributed by atoms with Crippen molar-refractivity contribution >= 4 is 11.9 Å². The smallest absolute Gasteiger partial charge is 0.239 e. The number of aromatic nitrogens is 2. The van der Waals surface area contributed by atoms with Gasteiger partial charge in [-0.1, -0.05) is 12.8 Å². The highest BCUT2D eigenvalue weighted by atomic mass is 16.2. The lowest BCUT2D eigenvalue weighted by Crippen LogP contribution is -2.62. The number of rotatable bonds is 1. The molecule has 1 aromatic rings. The van der Waals surface area contributed by atoms with Gasteiger partial charge in [-0.3, -0.25) is 4.79 Å². The maximum Gasteiger partial charge on any atom is 0.239 e. The lowest BCUT2D eigenvalue weighted by molar-refractivity contribution is -0.122. The van der Waals surface area contributed by atoms with E-state index in [2.05, 4.69) is 20.2 Å². The van der Waals surface area contributed by atoms with Gasteiger partial charge in [-0.15, -0.1) is 0 Å². The molecule has 0 radical (unpaired) electrons. The summed E-state index contributed by atoms with van der Waals surface area (Å²) in [6, 6.07) is 2.51. The van der Waals surface area contributed by atoms with E-state index in [4.69, 9.17) is 0 Å². The molecular weight excluding hydrogens is 228 g/mol. The Kier molecular flexibility index (Phi) is 2.89. The van der Waals surface area contributed by atoms with E-state index in [1.54, 1.807) is 6.20 Å². The number of hydrogen-bond acceptors (Lipinski definition) is 4. The number of carbonyl (C=O) groups excluding carboxylic acids is 1. The quantitative estimate of drug-likeness (QED) is 0.804. The van der Waals surface area contributed by atoms with Crippen LogP contribution in [0.15, 0.2) is 12.3 Å². The molecule has 5 nitrogen and oxygen atoms in total. The van der Waals surface area contributed by atoms with Crippen LogP contribution in [0.2, 0.25) is 0 Å². The topological polar surface area (TPSA) is 58.1 Å². The number of amides is 1. The fraction of sp³-hybridized carbons (Fsp3) is 0.615. The minimum Gasteiger partial charge on any atom is -0.350 e. The van der Waals surface area contributed by atoms with Crippen molar-refractivity contribution in [3.63, 3.8) is 0 Å². The molecule has 0 bridgehead atoms. The van der Waals surface area contributed by atoms with Gasteiger partial charge in [-0.25, -0.2) is 9.97 Å². The fourth-order valence-electron chi connectivity index (χ4n) is 2.97. The highest BCUT2D eigenvalue weighted by Crippen LogP contribution is 2.28. The Morgan fingerprint density at radius 2 is 2.22 bits per heavy atom. The van der Waals surface area contributed by atoms with E-state index in [-0.39, 0.29) is 11.9 Å². The van der Waals surface area contributed by atoms with Crippen LogP contribution in [0.25, 0.3) is 0 Å². The molecule has 0 aromatic carbocycles. The number of piperazine rings is 1. The molecule has 0 spiro atoms. The average Bonchev–Trinajstić information content (AvgIpc) is 2.37. The van der Waals surface area contributed by atoms with Crippen LogP contribution in [0.3, 0.4) is 0 Å². The third kappa shape index (κ3) is 2.05. The summed E-state index contributed by atoms with van der Waals surface area (Å²) < 4.78 is 0. The molecule has 18 heavy (non-hydrogen) atoms. The summed E-state index contributed by atoms with van der Waals surface area (Å²) in [7, 11) is 0. The number of anilines is 1. The van der Waals surface area contributed by atoms with Gasteiger partial charge in [-0.05, 0) is 25.8 Å². The SMILES string of the molecule is Cc1ccnc(N2CC(=O)NC3CCCCC32)n1. The van der Waals surface area contributed by atoms with Gasteiger partial charge in [0.1, 0.15) is 6.54 Å². The van der Waals surface area contributed by atoms with Crippen LogP contribution in [0.5, 0.6) is 0 Å². The molecule has 1 saturated heterocycles. The lowest BCUT2D eigenvalue weighted by Gasteiger charge is -2.43. The Bertz CT molecular complexity index is 462. The number of hydrogen-bond donors (Lipinski definition) is 1. The minimum absolute atomic E-state index is 0.0863. The first-order valence-corrected chi connectivity index (χ1v) is 6.60. The molecule has 2 atom stereocenters. The Labute approximate surface area is 107 Å². The van der Waals surface area contributed by atoms with Crippen LogP contribution in [0.1, 0.15) is 31.4 Å². The van der Waals surface area contributed by atoms with Gasteiger partial charge in [0.25, 0.3) is 0 Å². The van der Waals surface area contributed by atoms with Gasteiger partial charge in [-0.2, -0.15) is 0 Å². The third-order valence-corrected chi connectivity index (χ3v) is 3.83. The minimum atomic E-state index is 0.0863. The maximum atomic E-state index is 11.8. The molecule has 1 N–H and O–H groups in total. The molecule has 2 heterocycles. The number of nitrogens with zero attached hydrogens (tertiary/aromatic N) is 3. The summed E-state index contributed by atoms with van der Waals surface area (Å²) in [6.07, 6.45) is 6.37. The first-order chi connectivity index (χ1) is 8.74. The molecule has 1 aliphatic carbocycles. The molecule has 1 aliphatic heterocycles. The zero-order valence-corrected chi connectivity index (χ0v) is 10.6. The molecule has 5 heteroatoms. The van der Waals surface area contributed by atoms with Crippen LogP contribution < -0.4 is 10.2 Å². The molecule has 96 valence electrons. The third-order valence-electron chi connectivity index (χ3n) is 3.83. The maximum absolute atomic E-state index is 11.8. The van der Waals surface area contributed by atoms with E-state index in [0.29, 0.717) is 18.5 Å². The zero-order chi connectivity index (χ0) is 12.5. The second-order valence-electron chi connectivity index (χ2n) is 5.15. The van der Waals surface area contributed by atoms with Gasteiger partial charge in [0.2, 0.25) is 11.9 Å². The number of aryl methyl sites for hydroxylation is 1. The summed E-state index contributed by atoms with van der Waals surface area (Å²) in [6.45, 7) is 2.33. The van der Waals surface area contributed by atoms with Crippen LogP contribution >= 0.6 is 0 Å². The number of fused-ring (bicyclic) bond motifs is 1. The Morgan fingerprint density at radius 1 is 1.39 bits per heavy atom. The van der Waals surface area contributed by atoms with E-state index in [1.807, 2.05) is 13.0 Å². The zero-order valence-electron chi connectivity index (χ0n) is 10.6.